The molecule has 0 radical (unpaired) electrons. The van der Waals surface area contributed by atoms with Crippen molar-refractivity contribution in [2.75, 3.05) is 17.7 Å². The molecule has 5 heteroatoms. The molecule has 2 aromatic carbocycles. The van der Waals surface area contributed by atoms with Crippen molar-refractivity contribution in [3.05, 3.63) is 54.1 Å². The number of aliphatic hydroxyl groups is 1. The van der Waals surface area contributed by atoms with Crippen LogP contribution in [0.3, 0.4) is 0 Å². The first-order valence-corrected chi connectivity index (χ1v) is 6.59. The van der Waals surface area contributed by atoms with Crippen LogP contribution in [0.4, 0.5) is 11.4 Å². The van der Waals surface area contributed by atoms with Crippen molar-refractivity contribution in [1.29, 1.82) is 0 Å². The second-order valence-electron chi connectivity index (χ2n) is 4.67. The van der Waals surface area contributed by atoms with Crippen molar-refractivity contribution in [3.63, 3.8) is 0 Å². The van der Waals surface area contributed by atoms with E-state index in [0.29, 0.717) is 17.1 Å². The van der Waals surface area contributed by atoms with Crippen molar-refractivity contribution in [3.8, 4) is 5.75 Å². The minimum atomic E-state index is -0.768. The molecule has 2 aromatic rings. The highest BCUT2D eigenvalue weighted by atomic mass is 16.5. The second-order valence-corrected chi connectivity index (χ2v) is 4.67. The van der Waals surface area contributed by atoms with Crippen LogP contribution in [0.2, 0.25) is 0 Å². The van der Waals surface area contributed by atoms with Gasteiger partial charge in [0.05, 0.1) is 5.69 Å². The summed E-state index contributed by atoms with van der Waals surface area (Å²) in [6.45, 7) is 1.51. The molecule has 0 aliphatic carbocycles. The van der Waals surface area contributed by atoms with Gasteiger partial charge >= 0.3 is 0 Å². The summed E-state index contributed by atoms with van der Waals surface area (Å²) in [6, 6.07) is 14.0. The minimum absolute atomic E-state index is 0.0838. The molecule has 0 aromatic heterocycles. The molecule has 0 saturated carbocycles. The monoisotopic (exact) mass is 286 g/mol. The molecule has 4 N–H and O–H groups in total. The highest BCUT2D eigenvalue weighted by Gasteiger charge is 2.10. The first-order chi connectivity index (χ1) is 10.1. The number of nitrogens with two attached hydrogens (primary N) is 1. The fourth-order valence-electron chi connectivity index (χ4n) is 1.87. The number of hydrogen-bond acceptors (Lipinski definition) is 4. The third kappa shape index (κ3) is 4.22. The Balaban J connectivity index is 2.02. The number of benzene rings is 2. The zero-order valence-corrected chi connectivity index (χ0v) is 11.7. The number of ether oxygens (including phenoxy) is 1. The van der Waals surface area contributed by atoms with E-state index in [2.05, 4.69) is 5.32 Å². The Kier molecular flexibility index (Phi) is 4.79. The molecule has 0 bridgehead atoms. The van der Waals surface area contributed by atoms with Gasteiger partial charge < -0.3 is 20.9 Å². The van der Waals surface area contributed by atoms with Gasteiger partial charge in [-0.05, 0) is 29.8 Å². The number of aliphatic hydroxyl groups excluding tert-OH is 1. The molecule has 110 valence electrons. The van der Waals surface area contributed by atoms with Gasteiger partial charge in [0.25, 0.3) is 0 Å². The quantitative estimate of drug-likeness (QED) is 0.737. The number of anilines is 2. The van der Waals surface area contributed by atoms with Crippen LogP contribution in [-0.4, -0.2) is 17.6 Å². The van der Waals surface area contributed by atoms with E-state index in [1.807, 2.05) is 0 Å². The van der Waals surface area contributed by atoms with E-state index in [-0.39, 0.29) is 12.5 Å². The van der Waals surface area contributed by atoms with Crippen LogP contribution in [0.25, 0.3) is 0 Å². The van der Waals surface area contributed by atoms with Gasteiger partial charge in [-0.25, -0.2) is 0 Å². The van der Waals surface area contributed by atoms with E-state index < -0.39 is 6.10 Å². The third-order valence-corrected chi connectivity index (χ3v) is 2.92. The van der Waals surface area contributed by atoms with Crippen molar-refractivity contribution in [1.82, 2.24) is 0 Å². The molecule has 0 fully saturated rings. The summed E-state index contributed by atoms with van der Waals surface area (Å²) < 4.78 is 5.59. The summed E-state index contributed by atoms with van der Waals surface area (Å²) in [5, 5.41) is 12.8. The lowest BCUT2D eigenvalue weighted by molar-refractivity contribution is -0.114. The van der Waals surface area contributed by atoms with Crippen LogP contribution in [0.1, 0.15) is 18.6 Å². The number of amides is 1. The van der Waals surface area contributed by atoms with Gasteiger partial charge in [-0.3, -0.25) is 4.79 Å². The average Bonchev–Trinajstić information content (AvgIpc) is 2.46. The van der Waals surface area contributed by atoms with E-state index >= 15 is 0 Å². The fourth-order valence-corrected chi connectivity index (χ4v) is 1.87. The van der Waals surface area contributed by atoms with Crippen molar-refractivity contribution >= 4 is 17.3 Å². The summed E-state index contributed by atoms with van der Waals surface area (Å²) in [6.07, 6.45) is -0.768. The lowest BCUT2D eigenvalue weighted by Crippen LogP contribution is -2.12. The van der Waals surface area contributed by atoms with Gasteiger partial charge in [0.15, 0.2) is 0 Å². The van der Waals surface area contributed by atoms with E-state index in [9.17, 15) is 9.90 Å². The van der Waals surface area contributed by atoms with Gasteiger partial charge in [0, 0.05) is 12.6 Å². The van der Waals surface area contributed by atoms with Crippen molar-refractivity contribution in [2.24, 2.45) is 0 Å². The lowest BCUT2D eigenvalue weighted by atomic mass is 10.1. The molecule has 0 heterocycles. The largest absolute Gasteiger partial charge is 0.488 e. The molecule has 0 aliphatic heterocycles. The molecule has 1 atom stereocenters. The van der Waals surface area contributed by atoms with Crippen LogP contribution in [-0.2, 0) is 4.79 Å². The Morgan fingerprint density at radius 3 is 2.57 bits per heavy atom. The summed E-state index contributed by atoms with van der Waals surface area (Å²) >= 11 is 0. The molecule has 5 nitrogen and oxygen atoms in total. The molecular weight excluding hydrogens is 268 g/mol. The van der Waals surface area contributed by atoms with E-state index in [4.69, 9.17) is 10.5 Å². The minimum Gasteiger partial charge on any atom is -0.488 e. The van der Waals surface area contributed by atoms with Crippen molar-refractivity contribution < 1.29 is 14.6 Å². The van der Waals surface area contributed by atoms with Gasteiger partial charge in [0.2, 0.25) is 5.91 Å². The number of nitrogen functional groups attached to an aromatic ring is 1. The Morgan fingerprint density at radius 1 is 1.24 bits per heavy atom. The molecule has 21 heavy (non-hydrogen) atoms. The number of hydrogen-bond donors (Lipinski definition) is 3. The maximum Gasteiger partial charge on any atom is 0.221 e. The molecule has 0 saturated heterocycles. The molecule has 1 amide bonds. The third-order valence-electron chi connectivity index (χ3n) is 2.92. The zero-order chi connectivity index (χ0) is 15.2. The second kappa shape index (κ2) is 6.76. The normalized spacial score (nSPS) is 11.7. The van der Waals surface area contributed by atoms with E-state index in [1.54, 1.807) is 48.5 Å². The topological polar surface area (TPSA) is 84.6 Å². The highest BCUT2D eigenvalue weighted by molar-refractivity contribution is 5.90. The first kappa shape index (κ1) is 14.9. The fraction of sp³-hybridized carbons (Fsp3) is 0.188. The maximum absolute atomic E-state index is 11.1. The standard InChI is InChI=1S/C16H18N2O3/c1-11(19)18-14-4-2-3-5-16(14)21-10-15(20)12-6-8-13(17)9-7-12/h2-9,15,20H,10,17H2,1H3,(H,18,19). The molecule has 0 spiro atoms. The van der Waals surface area contributed by atoms with Crippen LogP contribution in [0.5, 0.6) is 5.75 Å². The smallest absolute Gasteiger partial charge is 0.221 e. The zero-order valence-electron chi connectivity index (χ0n) is 11.7. The molecule has 2 rings (SSSR count). The summed E-state index contributed by atoms with van der Waals surface area (Å²) in [5.74, 6) is 0.340. The van der Waals surface area contributed by atoms with Gasteiger partial charge in [-0.1, -0.05) is 24.3 Å². The Labute approximate surface area is 123 Å². The summed E-state index contributed by atoms with van der Waals surface area (Å²) in [5.41, 5.74) is 7.55. The number of nitrogens with one attached hydrogen (secondary N) is 1. The van der Waals surface area contributed by atoms with E-state index in [0.717, 1.165) is 5.56 Å². The summed E-state index contributed by atoms with van der Waals surface area (Å²) in [7, 11) is 0. The predicted octanol–water partition coefficient (Wildman–Crippen LogP) is 2.34. The number of carbonyl (C=O) groups is 1. The van der Waals surface area contributed by atoms with Crippen LogP contribution < -0.4 is 15.8 Å². The Hall–Kier alpha value is -2.53. The number of carbonyl (C=O) groups excluding carboxylic acids is 1. The number of rotatable bonds is 5. The van der Waals surface area contributed by atoms with Crippen LogP contribution in [0.15, 0.2) is 48.5 Å². The predicted molar refractivity (Wildman–Crippen MR) is 82.1 cm³/mol. The maximum atomic E-state index is 11.1. The van der Waals surface area contributed by atoms with Crippen LogP contribution in [0, 0.1) is 0 Å². The van der Waals surface area contributed by atoms with Gasteiger partial charge in [-0.15, -0.1) is 0 Å². The first-order valence-electron chi connectivity index (χ1n) is 6.59. The van der Waals surface area contributed by atoms with E-state index in [1.165, 1.54) is 6.92 Å². The number of para-hydroxylation sites is 2. The van der Waals surface area contributed by atoms with Crippen LogP contribution >= 0.6 is 0 Å². The van der Waals surface area contributed by atoms with Crippen molar-refractivity contribution in [2.45, 2.75) is 13.0 Å². The summed E-state index contributed by atoms with van der Waals surface area (Å²) in [4.78, 5) is 11.1. The Morgan fingerprint density at radius 2 is 1.90 bits per heavy atom. The molecule has 0 aliphatic rings. The SMILES string of the molecule is CC(=O)Nc1ccccc1OCC(O)c1ccc(N)cc1. The highest BCUT2D eigenvalue weighted by Crippen LogP contribution is 2.25. The molecular formula is C16H18N2O3. The average molecular weight is 286 g/mol. The lowest BCUT2D eigenvalue weighted by Gasteiger charge is -2.15. The molecule has 1 unspecified atom stereocenters. The van der Waals surface area contributed by atoms with Gasteiger partial charge in [-0.2, -0.15) is 0 Å². The Bertz CT molecular complexity index is 611. The van der Waals surface area contributed by atoms with Gasteiger partial charge in [0.1, 0.15) is 18.5 Å².